The number of ether oxygens (including phenoxy) is 1. The van der Waals surface area contributed by atoms with E-state index in [9.17, 15) is 4.57 Å². The number of benzene rings is 2. The van der Waals surface area contributed by atoms with E-state index in [-0.39, 0.29) is 0 Å². The van der Waals surface area contributed by atoms with Crippen LogP contribution in [-0.2, 0) is 20.2 Å². The molecule has 0 aliphatic carbocycles. The van der Waals surface area contributed by atoms with Gasteiger partial charge in [-0.3, -0.25) is 4.57 Å². The van der Waals surface area contributed by atoms with Gasteiger partial charge in [0.25, 0.3) is 0 Å². The molecule has 2 aromatic carbocycles. The molecule has 2 rings (SSSR count). The molecule has 0 heterocycles. The Morgan fingerprint density at radius 2 is 1.54 bits per heavy atom. The smallest absolute Gasteiger partial charge is 0.354 e. The standard InChI is InChI=1S/C19H23O4P/c1-3-22-24(20,23-4-2)15-14-17-10-12-19(13-11-17)21-16-18-8-6-5-7-9-18/h5-15H,3-4,16H2,1-2H3/b15-14+. The Morgan fingerprint density at radius 1 is 0.917 bits per heavy atom. The van der Waals surface area contributed by atoms with Gasteiger partial charge in [0.2, 0.25) is 0 Å². The quantitative estimate of drug-likeness (QED) is 0.562. The van der Waals surface area contributed by atoms with Gasteiger partial charge in [0, 0.05) is 5.82 Å². The maximum Gasteiger partial charge on any atom is 0.354 e. The predicted molar refractivity (Wildman–Crippen MR) is 97.1 cm³/mol. The molecule has 5 heteroatoms. The van der Waals surface area contributed by atoms with Crippen LogP contribution in [0.4, 0.5) is 0 Å². The van der Waals surface area contributed by atoms with Crippen molar-refractivity contribution in [1.82, 2.24) is 0 Å². The van der Waals surface area contributed by atoms with Crippen LogP contribution in [0.1, 0.15) is 25.0 Å². The highest BCUT2D eigenvalue weighted by Gasteiger charge is 2.18. The Bertz CT molecular complexity index is 670. The van der Waals surface area contributed by atoms with Crippen molar-refractivity contribution in [2.24, 2.45) is 0 Å². The fourth-order valence-electron chi connectivity index (χ4n) is 2.08. The van der Waals surface area contributed by atoms with Crippen molar-refractivity contribution in [3.05, 3.63) is 71.5 Å². The zero-order valence-electron chi connectivity index (χ0n) is 14.1. The first-order valence-electron chi connectivity index (χ1n) is 8.00. The molecular formula is C19H23O4P. The molecule has 0 amide bonds. The van der Waals surface area contributed by atoms with Crippen molar-refractivity contribution in [2.75, 3.05) is 13.2 Å². The summed E-state index contributed by atoms with van der Waals surface area (Å²) < 4.78 is 28.5. The van der Waals surface area contributed by atoms with Gasteiger partial charge in [0.1, 0.15) is 12.4 Å². The molecule has 0 saturated heterocycles. The molecule has 0 aliphatic rings. The average molecular weight is 346 g/mol. The van der Waals surface area contributed by atoms with Gasteiger partial charge < -0.3 is 13.8 Å². The van der Waals surface area contributed by atoms with Crippen LogP contribution in [0.3, 0.4) is 0 Å². The largest absolute Gasteiger partial charge is 0.489 e. The van der Waals surface area contributed by atoms with Crippen molar-refractivity contribution in [3.63, 3.8) is 0 Å². The van der Waals surface area contributed by atoms with Gasteiger partial charge in [-0.1, -0.05) is 42.5 Å². The summed E-state index contributed by atoms with van der Waals surface area (Å²) in [5.74, 6) is 2.29. The lowest BCUT2D eigenvalue weighted by atomic mass is 10.2. The molecule has 0 spiro atoms. The minimum atomic E-state index is -3.16. The fraction of sp³-hybridized carbons (Fsp3) is 0.263. The second-order valence-electron chi connectivity index (χ2n) is 5.03. The highest BCUT2D eigenvalue weighted by Crippen LogP contribution is 2.50. The first kappa shape index (κ1) is 18.5. The summed E-state index contributed by atoms with van der Waals surface area (Å²) in [6, 6.07) is 17.6. The van der Waals surface area contributed by atoms with E-state index in [0.717, 1.165) is 16.9 Å². The number of hydrogen-bond acceptors (Lipinski definition) is 4. The topological polar surface area (TPSA) is 44.8 Å². The van der Waals surface area contributed by atoms with E-state index in [1.807, 2.05) is 54.6 Å². The molecule has 0 saturated carbocycles. The van der Waals surface area contributed by atoms with E-state index in [1.165, 1.54) is 5.82 Å². The Labute approximate surface area is 143 Å². The maximum absolute atomic E-state index is 12.4. The molecule has 0 radical (unpaired) electrons. The van der Waals surface area contributed by atoms with Crippen LogP contribution in [0, 0.1) is 0 Å². The molecular weight excluding hydrogens is 323 g/mol. The molecule has 24 heavy (non-hydrogen) atoms. The van der Waals surface area contributed by atoms with Crippen LogP contribution in [0.15, 0.2) is 60.4 Å². The zero-order chi connectivity index (χ0) is 17.3. The second kappa shape index (κ2) is 9.43. The van der Waals surface area contributed by atoms with E-state index in [4.69, 9.17) is 13.8 Å². The van der Waals surface area contributed by atoms with E-state index in [1.54, 1.807) is 19.9 Å². The summed E-state index contributed by atoms with van der Waals surface area (Å²) in [5.41, 5.74) is 2.03. The average Bonchev–Trinajstić information content (AvgIpc) is 2.60. The van der Waals surface area contributed by atoms with Gasteiger partial charge in [-0.15, -0.1) is 0 Å². The van der Waals surface area contributed by atoms with Crippen LogP contribution >= 0.6 is 7.60 Å². The number of hydrogen-bond donors (Lipinski definition) is 0. The molecule has 0 N–H and O–H groups in total. The molecule has 0 atom stereocenters. The lowest BCUT2D eigenvalue weighted by molar-refractivity contribution is 0.229. The van der Waals surface area contributed by atoms with Crippen molar-refractivity contribution < 1.29 is 18.3 Å². The Kier molecular flexibility index (Phi) is 7.26. The molecule has 0 unspecified atom stereocenters. The number of rotatable bonds is 9. The molecule has 0 aliphatic heterocycles. The lowest BCUT2D eigenvalue weighted by Crippen LogP contribution is -1.94. The van der Waals surface area contributed by atoms with Gasteiger partial charge >= 0.3 is 7.60 Å². The van der Waals surface area contributed by atoms with Gasteiger partial charge in [-0.05, 0) is 43.2 Å². The molecule has 0 bridgehead atoms. The van der Waals surface area contributed by atoms with Crippen LogP contribution in [0.5, 0.6) is 5.75 Å². The second-order valence-corrected chi connectivity index (χ2v) is 6.93. The van der Waals surface area contributed by atoms with Crippen molar-refractivity contribution in [1.29, 1.82) is 0 Å². The summed E-state index contributed by atoms with van der Waals surface area (Å²) in [4.78, 5) is 0. The predicted octanol–water partition coefficient (Wildman–Crippen LogP) is 5.50. The molecule has 0 fully saturated rings. The van der Waals surface area contributed by atoms with E-state index in [2.05, 4.69) is 0 Å². The monoisotopic (exact) mass is 346 g/mol. The van der Waals surface area contributed by atoms with Crippen molar-refractivity contribution in [3.8, 4) is 5.75 Å². The lowest BCUT2D eigenvalue weighted by Gasteiger charge is -2.12. The third-order valence-electron chi connectivity index (χ3n) is 3.20. The van der Waals surface area contributed by atoms with Crippen LogP contribution < -0.4 is 4.74 Å². The summed E-state index contributed by atoms with van der Waals surface area (Å²) in [6.07, 6.45) is 1.74. The van der Waals surface area contributed by atoms with Crippen LogP contribution in [0.25, 0.3) is 6.08 Å². The van der Waals surface area contributed by atoms with Crippen LogP contribution in [-0.4, -0.2) is 13.2 Å². The normalized spacial score (nSPS) is 11.8. The summed E-state index contributed by atoms with van der Waals surface area (Å²) in [6.45, 7) is 4.79. The molecule has 0 aromatic heterocycles. The van der Waals surface area contributed by atoms with Gasteiger partial charge in [-0.2, -0.15) is 0 Å². The minimum absolute atomic E-state index is 0.341. The van der Waals surface area contributed by atoms with Crippen molar-refractivity contribution in [2.45, 2.75) is 20.5 Å². The first-order valence-corrected chi connectivity index (χ1v) is 9.61. The van der Waals surface area contributed by atoms with Gasteiger partial charge in [0.15, 0.2) is 0 Å². The van der Waals surface area contributed by atoms with E-state index in [0.29, 0.717) is 19.8 Å². The Balaban J connectivity index is 1.96. The Morgan fingerprint density at radius 3 is 2.12 bits per heavy atom. The maximum atomic E-state index is 12.4. The van der Waals surface area contributed by atoms with E-state index >= 15 is 0 Å². The SMILES string of the molecule is CCOP(=O)(/C=C/c1ccc(OCc2ccccc2)cc1)OCC. The zero-order valence-corrected chi connectivity index (χ0v) is 14.9. The highest BCUT2D eigenvalue weighted by atomic mass is 31.2. The van der Waals surface area contributed by atoms with E-state index < -0.39 is 7.60 Å². The molecule has 128 valence electrons. The van der Waals surface area contributed by atoms with Gasteiger partial charge in [-0.25, -0.2) is 0 Å². The Hall–Kier alpha value is -1.87. The summed E-state index contributed by atoms with van der Waals surface area (Å²) in [5, 5.41) is 0. The third kappa shape index (κ3) is 5.97. The van der Waals surface area contributed by atoms with Gasteiger partial charge in [0.05, 0.1) is 13.2 Å². The highest BCUT2D eigenvalue weighted by molar-refractivity contribution is 7.57. The van der Waals surface area contributed by atoms with Crippen molar-refractivity contribution >= 4 is 13.7 Å². The molecule has 4 nitrogen and oxygen atoms in total. The third-order valence-corrected chi connectivity index (χ3v) is 4.95. The van der Waals surface area contributed by atoms with Crippen LogP contribution in [0.2, 0.25) is 0 Å². The summed E-state index contributed by atoms with van der Waals surface area (Å²) >= 11 is 0. The fourth-order valence-corrected chi connectivity index (χ4v) is 3.40. The molecule has 2 aromatic rings. The minimum Gasteiger partial charge on any atom is -0.489 e. The summed E-state index contributed by atoms with van der Waals surface area (Å²) in [7, 11) is -3.16. The first-order chi connectivity index (χ1) is 11.6.